The number of H-pyrrole nitrogens is 1. The molecule has 6 rings (SSSR count). The first-order valence-corrected chi connectivity index (χ1v) is 10.6. The van der Waals surface area contributed by atoms with Gasteiger partial charge < -0.3 is 9.51 Å². The minimum absolute atomic E-state index is 0.554. The molecule has 0 atom stereocenters. The van der Waals surface area contributed by atoms with E-state index in [2.05, 4.69) is 58.9 Å². The minimum Gasteiger partial charge on any atom is -0.361 e. The lowest BCUT2D eigenvalue weighted by Gasteiger charge is -2.11. The van der Waals surface area contributed by atoms with Crippen molar-refractivity contribution in [1.29, 1.82) is 0 Å². The molecule has 1 aliphatic carbocycles. The molecular formula is C24H23N5O. The number of fused-ring (bicyclic) bond motifs is 2. The first kappa shape index (κ1) is 17.4. The molecule has 0 spiro atoms. The minimum atomic E-state index is 0.554. The molecule has 6 nitrogen and oxygen atoms in total. The van der Waals surface area contributed by atoms with E-state index in [1.54, 1.807) is 0 Å². The van der Waals surface area contributed by atoms with E-state index in [0.29, 0.717) is 5.92 Å². The molecule has 3 heterocycles. The number of hydrogen-bond acceptors (Lipinski definition) is 4. The van der Waals surface area contributed by atoms with Crippen LogP contribution in [0.5, 0.6) is 0 Å². The normalized spacial score (nSPS) is 14.2. The number of rotatable bonds is 4. The van der Waals surface area contributed by atoms with Gasteiger partial charge in [-0.25, -0.2) is 9.97 Å². The van der Waals surface area contributed by atoms with Crippen molar-refractivity contribution in [2.75, 3.05) is 0 Å². The highest BCUT2D eigenvalue weighted by Gasteiger charge is 2.28. The van der Waals surface area contributed by atoms with Crippen LogP contribution in [0.3, 0.4) is 0 Å². The number of hydrogen-bond donors (Lipinski definition) is 1. The Balaban J connectivity index is 1.69. The van der Waals surface area contributed by atoms with Crippen LogP contribution in [-0.2, 0) is 6.42 Å². The van der Waals surface area contributed by atoms with Gasteiger partial charge in [-0.05, 0) is 62.9 Å². The van der Waals surface area contributed by atoms with Gasteiger partial charge in [0.2, 0.25) is 0 Å². The van der Waals surface area contributed by atoms with Gasteiger partial charge in [0.15, 0.2) is 0 Å². The maximum atomic E-state index is 5.54. The van der Waals surface area contributed by atoms with Gasteiger partial charge in [-0.2, -0.15) is 0 Å². The Labute approximate surface area is 173 Å². The molecule has 30 heavy (non-hydrogen) atoms. The smallest absolute Gasteiger partial charge is 0.141 e. The van der Waals surface area contributed by atoms with Crippen molar-refractivity contribution in [2.45, 2.75) is 46.0 Å². The summed E-state index contributed by atoms with van der Waals surface area (Å²) in [6.45, 7) is 6.13. The summed E-state index contributed by atoms with van der Waals surface area (Å²) in [5.41, 5.74) is 8.29. The standard InChI is InChI=1S/C24H23N5O/c1-4-17-22(13(2)30-28-17)16-11-19-23(27-24(26-19)15-9-10-15)21(12-16)29-14(3)25-18-7-5-6-8-20(18)29/h5-8,11-12,15H,4,9-10H2,1-3H3,(H,26,27). The van der Waals surface area contributed by atoms with Gasteiger partial charge in [0, 0.05) is 11.5 Å². The number of aryl methyl sites for hydroxylation is 3. The van der Waals surface area contributed by atoms with E-state index < -0.39 is 0 Å². The SMILES string of the molecule is CCc1noc(C)c1-c1cc(-n2c(C)nc3ccccc32)c2nc(C3CC3)[nH]c2c1. The third kappa shape index (κ3) is 2.53. The van der Waals surface area contributed by atoms with Gasteiger partial charge in [0.25, 0.3) is 0 Å². The molecule has 1 N–H and O–H groups in total. The molecule has 0 saturated heterocycles. The predicted molar refractivity (Wildman–Crippen MR) is 117 cm³/mol. The molecule has 2 aromatic carbocycles. The summed E-state index contributed by atoms with van der Waals surface area (Å²) in [5, 5.41) is 4.27. The Morgan fingerprint density at radius 1 is 1.13 bits per heavy atom. The first-order valence-electron chi connectivity index (χ1n) is 10.6. The zero-order valence-electron chi connectivity index (χ0n) is 17.4. The van der Waals surface area contributed by atoms with Gasteiger partial charge in [0.05, 0.1) is 27.9 Å². The van der Waals surface area contributed by atoms with E-state index in [-0.39, 0.29) is 0 Å². The summed E-state index contributed by atoms with van der Waals surface area (Å²) >= 11 is 0. The zero-order valence-corrected chi connectivity index (χ0v) is 17.4. The molecule has 0 radical (unpaired) electrons. The van der Waals surface area contributed by atoms with Crippen molar-refractivity contribution < 1.29 is 4.52 Å². The van der Waals surface area contributed by atoms with Crippen LogP contribution < -0.4 is 0 Å². The highest BCUT2D eigenvalue weighted by Crippen LogP contribution is 2.41. The lowest BCUT2D eigenvalue weighted by Crippen LogP contribution is -1.99. The third-order valence-corrected chi connectivity index (χ3v) is 6.08. The fourth-order valence-electron chi connectivity index (χ4n) is 4.46. The average Bonchev–Trinajstić information content (AvgIpc) is 3.26. The van der Waals surface area contributed by atoms with Crippen LogP contribution in [0.2, 0.25) is 0 Å². The largest absolute Gasteiger partial charge is 0.361 e. The van der Waals surface area contributed by atoms with Crippen LogP contribution in [0.1, 0.15) is 48.8 Å². The number of nitrogens with one attached hydrogen (secondary N) is 1. The molecule has 0 bridgehead atoms. The fraction of sp³-hybridized carbons (Fsp3) is 0.292. The molecule has 1 saturated carbocycles. The van der Waals surface area contributed by atoms with E-state index in [9.17, 15) is 0 Å². The summed E-state index contributed by atoms with van der Waals surface area (Å²) in [6.07, 6.45) is 3.24. The van der Waals surface area contributed by atoms with Crippen LogP contribution in [0, 0.1) is 13.8 Å². The van der Waals surface area contributed by atoms with Crippen LogP contribution in [0.15, 0.2) is 40.9 Å². The monoisotopic (exact) mass is 397 g/mol. The molecule has 0 aliphatic heterocycles. The molecule has 1 fully saturated rings. The second-order valence-corrected chi connectivity index (χ2v) is 8.19. The van der Waals surface area contributed by atoms with Crippen molar-refractivity contribution in [3.63, 3.8) is 0 Å². The number of imidazole rings is 2. The molecular weight excluding hydrogens is 374 g/mol. The average molecular weight is 397 g/mol. The molecule has 5 aromatic rings. The van der Waals surface area contributed by atoms with Gasteiger partial charge in [-0.1, -0.05) is 24.2 Å². The van der Waals surface area contributed by atoms with Gasteiger partial charge in [-0.15, -0.1) is 0 Å². The maximum absolute atomic E-state index is 5.54. The number of benzene rings is 2. The molecule has 150 valence electrons. The summed E-state index contributed by atoms with van der Waals surface area (Å²) in [5.74, 6) is 3.43. The highest BCUT2D eigenvalue weighted by molar-refractivity contribution is 5.92. The van der Waals surface area contributed by atoms with Crippen LogP contribution >= 0.6 is 0 Å². The van der Waals surface area contributed by atoms with Gasteiger partial charge in [-0.3, -0.25) is 4.57 Å². The van der Waals surface area contributed by atoms with Crippen molar-refractivity contribution >= 4 is 22.1 Å². The van der Waals surface area contributed by atoms with Gasteiger partial charge in [0.1, 0.15) is 22.9 Å². The van der Waals surface area contributed by atoms with Crippen molar-refractivity contribution in [1.82, 2.24) is 24.7 Å². The number of nitrogens with zero attached hydrogens (tertiary/aromatic N) is 4. The van der Waals surface area contributed by atoms with Crippen LogP contribution in [-0.4, -0.2) is 24.7 Å². The third-order valence-electron chi connectivity index (χ3n) is 6.08. The first-order chi connectivity index (χ1) is 14.6. The Morgan fingerprint density at radius 3 is 2.77 bits per heavy atom. The molecule has 6 heteroatoms. The number of aromatic nitrogens is 5. The number of aromatic amines is 1. The van der Waals surface area contributed by atoms with Crippen molar-refractivity contribution in [2.24, 2.45) is 0 Å². The van der Waals surface area contributed by atoms with E-state index in [1.807, 2.05) is 13.0 Å². The Bertz CT molecular complexity index is 1420. The molecule has 1 aliphatic rings. The summed E-state index contributed by atoms with van der Waals surface area (Å²) < 4.78 is 7.75. The lowest BCUT2D eigenvalue weighted by molar-refractivity contribution is 0.391. The lowest BCUT2D eigenvalue weighted by atomic mass is 10.0. The van der Waals surface area contributed by atoms with E-state index in [1.165, 1.54) is 12.8 Å². The van der Waals surface area contributed by atoms with Gasteiger partial charge >= 0.3 is 0 Å². The zero-order chi connectivity index (χ0) is 20.4. The summed E-state index contributed by atoms with van der Waals surface area (Å²) in [6, 6.07) is 12.6. The predicted octanol–water partition coefficient (Wildman–Crippen LogP) is 5.61. The van der Waals surface area contributed by atoms with Crippen molar-refractivity contribution in [3.8, 4) is 16.8 Å². The second kappa shape index (κ2) is 6.29. The number of para-hydroxylation sites is 2. The maximum Gasteiger partial charge on any atom is 0.141 e. The highest BCUT2D eigenvalue weighted by atomic mass is 16.5. The molecule has 0 amide bonds. The topological polar surface area (TPSA) is 72.5 Å². The Kier molecular flexibility index (Phi) is 3.66. The van der Waals surface area contributed by atoms with Crippen LogP contribution in [0.25, 0.3) is 38.9 Å². The Hall–Kier alpha value is -3.41. The van der Waals surface area contributed by atoms with Crippen LogP contribution in [0.4, 0.5) is 0 Å². The molecule has 3 aromatic heterocycles. The second-order valence-electron chi connectivity index (χ2n) is 8.19. The summed E-state index contributed by atoms with van der Waals surface area (Å²) in [4.78, 5) is 13.4. The summed E-state index contributed by atoms with van der Waals surface area (Å²) in [7, 11) is 0. The Morgan fingerprint density at radius 2 is 1.97 bits per heavy atom. The van der Waals surface area contributed by atoms with Crippen molar-refractivity contribution in [3.05, 3.63) is 59.5 Å². The molecule has 0 unspecified atom stereocenters. The van der Waals surface area contributed by atoms with E-state index >= 15 is 0 Å². The van der Waals surface area contributed by atoms with E-state index in [0.717, 1.165) is 68.4 Å². The van der Waals surface area contributed by atoms with E-state index in [4.69, 9.17) is 14.5 Å². The quantitative estimate of drug-likeness (QED) is 0.428. The fourth-order valence-corrected chi connectivity index (χ4v) is 4.46.